The summed E-state index contributed by atoms with van der Waals surface area (Å²) in [5.41, 5.74) is 1.23. The Kier molecular flexibility index (Phi) is 5.44. The van der Waals surface area contributed by atoms with E-state index < -0.39 is 11.6 Å². The number of nitrogens with one attached hydrogen (secondary N) is 1. The van der Waals surface area contributed by atoms with Crippen molar-refractivity contribution in [2.24, 2.45) is 0 Å². The number of alkyl halides is 1. The third-order valence-electron chi connectivity index (χ3n) is 3.01. The number of hydrogen-bond donors (Lipinski definition) is 1. The third-order valence-corrected chi connectivity index (χ3v) is 3.86. The van der Waals surface area contributed by atoms with Crippen LogP contribution in [-0.2, 0) is 11.2 Å². The zero-order chi connectivity index (χ0) is 15.2. The zero-order valence-electron chi connectivity index (χ0n) is 11.2. The van der Waals surface area contributed by atoms with E-state index >= 15 is 0 Å². The Balaban J connectivity index is 1.87. The highest BCUT2D eigenvalue weighted by atomic mass is 79.9. The fourth-order valence-corrected chi connectivity index (χ4v) is 2.35. The highest BCUT2D eigenvalue weighted by Gasteiger charge is 2.12. The van der Waals surface area contributed by atoms with Gasteiger partial charge in [-0.25, -0.2) is 8.78 Å². The average Bonchev–Trinajstić information content (AvgIpc) is 2.48. The summed E-state index contributed by atoms with van der Waals surface area (Å²) in [5.74, 6) is -1.66. The first-order valence-electron chi connectivity index (χ1n) is 6.46. The summed E-state index contributed by atoms with van der Waals surface area (Å²) in [4.78, 5) is 11.8. The zero-order valence-corrected chi connectivity index (χ0v) is 12.7. The summed E-state index contributed by atoms with van der Waals surface area (Å²) in [7, 11) is 0. The van der Waals surface area contributed by atoms with E-state index in [2.05, 4.69) is 21.2 Å². The molecule has 2 rings (SSSR count). The van der Waals surface area contributed by atoms with Crippen LogP contribution in [0.1, 0.15) is 16.0 Å². The summed E-state index contributed by atoms with van der Waals surface area (Å²) < 4.78 is 26.2. The van der Waals surface area contributed by atoms with Gasteiger partial charge in [0.15, 0.2) is 0 Å². The van der Waals surface area contributed by atoms with Crippen molar-refractivity contribution in [3.05, 3.63) is 71.3 Å². The smallest absolute Gasteiger partial charge is 0.224 e. The number of halogens is 3. The van der Waals surface area contributed by atoms with Gasteiger partial charge in [0.1, 0.15) is 11.6 Å². The first-order chi connectivity index (χ1) is 10.1. The second-order valence-corrected chi connectivity index (χ2v) is 5.70. The van der Waals surface area contributed by atoms with Gasteiger partial charge in [-0.2, -0.15) is 0 Å². The summed E-state index contributed by atoms with van der Waals surface area (Å²) in [6.07, 6.45) is -0.110. The van der Waals surface area contributed by atoms with Gasteiger partial charge >= 0.3 is 0 Å². The number of carbonyl (C=O) groups is 1. The van der Waals surface area contributed by atoms with Crippen molar-refractivity contribution in [3.63, 3.8) is 0 Å². The van der Waals surface area contributed by atoms with Crippen LogP contribution < -0.4 is 5.32 Å². The molecule has 2 nitrogen and oxygen atoms in total. The highest BCUT2D eigenvalue weighted by molar-refractivity contribution is 9.09. The Morgan fingerprint density at radius 3 is 2.52 bits per heavy atom. The molecule has 2 aromatic rings. The Morgan fingerprint density at radius 2 is 1.86 bits per heavy atom. The topological polar surface area (TPSA) is 29.1 Å². The van der Waals surface area contributed by atoms with Crippen molar-refractivity contribution in [1.29, 1.82) is 0 Å². The molecule has 1 N–H and O–H groups in total. The van der Waals surface area contributed by atoms with Crippen LogP contribution in [0.3, 0.4) is 0 Å². The maximum absolute atomic E-state index is 13.4. The molecule has 0 heterocycles. The maximum atomic E-state index is 13.4. The SMILES string of the molecule is O=C(Cc1ccc(F)cc1F)NCC(Br)c1ccccc1. The molecule has 0 aliphatic rings. The van der Waals surface area contributed by atoms with Gasteiger partial charge in [-0.15, -0.1) is 0 Å². The number of carbonyl (C=O) groups excluding carboxylic acids is 1. The molecular weight excluding hydrogens is 340 g/mol. The summed E-state index contributed by atoms with van der Waals surface area (Å²) in [6, 6.07) is 12.9. The fraction of sp³-hybridized carbons (Fsp3) is 0.188. The van der Waals surface area contributed by atoms with Gasteiger partial charge < -0.3 is 5.32 Å². The molecule has 110 valence electrons. The number of rotatable bonds is 5. The minimum absolute atomic E-state index is 0.0132. The standard InChI is InChI=1S/C16H14BrF2NO/c17-14(11-4-2-1-3-5-11)10-20-16(21)8-12-6-7-13(18)9-15(12)19/h1-7,9,14H,8,10H2,(H,20,21). The van der Waals surface area contributed by atoms with Gasteiger partial charge in [0.25, 0.3) is 0 Å². The minimum Gasteiger partial charge on any atom is -0.354 e. The molecular formula is C16H14BrF2NO. The second kappa shape index (κ2) is 7.31. The molecule has 0 spiro atoms. The van der Waals surface area contributed by atoms with E-state index in [1.807, 2.05) is 30.3 Å². The fourth-order valence-electron chi connectivity index (χ4n) is 1.88. The number of amides is 1. The first kappa shape index (κ1) is 15.6. The lowest BCUT2D eigenvalue weighted by atomic mass is 10.1. The molecule has 0 saturated carbocycles. The van der Waals surface area contributed by atoms with Crippen LogP contribution in [0.15, 0.2) is 48.5 Å². The molecule has 0 aliphatic heterocycles. The van der Waals surface area contributed by atoms with E-state index in [0.717, 1.165) is 17.7 Å². The van der Waals surface area contributed by atoms with Crippen molar-refractivity contribution in [2.75, 3.05) is 6.54 Å². The molecule has 0 aromatic heterocycles. The molecule has 0 saturated heterocycles. The van der Waals surface area contributed by atoms with E-state index in [1.54, 1.807) is 0 Å². The average molecular weight is 354 g/mol. The number of hydrogen-bond acceptors (Lipinski definition) is 1. The molecule has 0 radical (unpaired) electrons. The van der Waals surface area contributed by atoms with Gasteiger partial charge in [-0.05, 0) is 17.2 Å². The minimum atomic E-state index is -0.705. The molecule has 0 aliphatic carbocycles. The lowest BCUT2D eigenvalue weighted by Gasteiger charge is -2.12. The van der Waals surface area contributed by atoms with Crippen molar-refractivity contribution in [2.45, 2.75) is 11.2 Å². The Bertz CT molecular complexity index is 619. The second-order valence-electron chi connectivity index (χ2n) is 4.59. The summed E-state index contributed by atoms with van der Waals surface area (Å²) >= 11 is 3.49. The predicted octanol–water partition coefficient (Wildman–Crippen LogP) is 3.76. The van der Waals surface area contributed by atoms with Crippen molar-refractivity contribution < 1.29 is 13.6 Å². The molecule has 0 bridgehead atoms. The van der Waals surface area contributed by atoms with Crippen LogP contribution in [0.5, 0.6) is 0 Å². The Labute approximate surface area is 130 Å². The molecule has 5 heteroatoms. The lowest BCUT2D eigenvalue weighted by molar-refractivity contribution is -0.120. The third kappa shape index (κ3) is 4.63. The largest absolute Gasteiger partial charge is 0.354 e. The summed E-state index contributed by atoms with van der Waals surface area (Å²) in [6.45, 7) is 0.395. The van der Waals surface area contributed by atoms with E-state index in [-0.39, 0.29) is 22.7 Å². The Morgan fingerprint density at radius 1 is 1.14 bits per heavy atom. The predicted molar refractivity (Wildman–Crippen MR) is 81.2 cm³/mol. The summed E-state index contributed by atoms with van der Waals surface area (Å²) in [5, 5.41) is 2.73. The van der Waals surface area contributed by atoms with E-state index in [4.69, 9.17) is 0 Å². The van der Waals surface area contributed by atoms with Crippen LogP contribution in [-0.4, -0.2) is 12.5 Å². The van der Waals surface area contributed by atoms with Crippen molar-refractivity contribution >= 4 is 21.8 Å². The van der Waals surface area contributed by atoms with Gasteiger partial charge in [0, 0.05) is 12.6 Å². The van der Waals surface area contributed by atoms with Crippen molar-refractivity contribution in [1.82, 2.24) is 5.32 Å². The van der Waals surface area contributed by atoms with E-state index in [1.165, 1.54) is 6.07 Å². The molecule has 1 atom stereocenters. The molecule has 1 amide bonds. The van der Waals surface area contributed by atoms with E-state index in [9.17, 15) is 13.6 Å². The Hall–Kier alpha value is -1.75. The van der Waals surface area contributed by atoms with Crippen LogP contribution in [0.25, 0.3) is 0 Å². The molecule has 21 heavy (non-hydrogen) atoms. The van der Waals surface area contributed by atoms with E-state index in [0.29, 0.717) is 6.54 Å². The van der Waals surface area contributed by atoms with Gasteiger partial charge in [-0.1, -0.05) is 52.3 Å². The van der Waals surface area contributed by atoms with Gasteiger partial charge in [-0.3, -0.25) is 4.79 Å². The quantitative estimate of drug-likeness (QED) is 0.814. The number of benzene rings is 2. The van der Waals surface area contributed by atoms with Crippen LogP contribution in [0.4, 0.5) is 8.78 Å². The maximum Gasteiger partial charge on any atom is 0.224 e. The first-order valence-corrected chi connectivity index (χ1v) is 7.37. The molecule has 2 aromatic carbocycles. The van der Waals surface area contributed by atoms with Gasteiger partial charge in [0.05, 0.1) is 11.2 Å². The molecule has 0 fully saturated rings. The van der Waals surface area contributed by atoms with Crippen LogP contribution in [0, 0.1) is 11.6 Å². The van der Waals surface area contributed by atoms with Crippen molar-refractivity contribution in [3.8, 4) is 0 Å². The van der Waals surface area contributed by atoms with Crippen LogP contribution >= 0.6 is 15.9 Å². The lowest BCUT2D eigenvalue weighted by Crippen LogP contribution is -2.28. The molecule has 1 unspecified atom stereocenters. The van der Waals surface area contributed by atoms with Gasteiger partial charge in [0.2, 0.25) is 5.91 Å². The normalized spacial score (nSPS) is 12.0. The highest BCUT2D eigenvalue weighted by Crippen LogP contribution is 2.21. The van der Waals surface area contributed by atoms with Crippen LogP contribution in [0.2, 0.25) is 0 Å². The monoisotopic (exact) mass is 353 g/mol.